The highest BCUT2D eigenvalue weighted by Crippen LogP contribution is 2.16. The van der Waals surface area contributed by atoms with Crippen LogP contribution in [-0.4, -0.2) is 15.0 Å². The average Bonchev–Trinajstić information content (AvgIpc) is 2.27. The van der Waals surface area contributed by atoms with Crippen LogP contribution in [0.5, 0.6) is 0 Å². The van der Waals surface area contributed by atoms with Gasteiger partial charge in [0.15, 0.2) is 0 Å². The largest absolute Gasteiger partial charge is 0.296 e. The van der Waals surface area contributed by atoms with E-state index in [1.54, 1.807) is 12.1 Å². The first-order valence-corrected chi connectivity index (χ1v) is 7.09. The lowest BCUT2D eigenvalue weighted by Crippen LogP contribution is -2.11. The molecule has 1 aromatic carbocycles. The van der Waals surface area contributed by atoms with Crippen molar-refractivity contribution in [1.82, 2.24) is 0 Å². The molecule has 0 saturated carbocycles. The van der Waals surface area contributed by atoms with Gasteiger partial charge in [0.1, 0.15) is 0 Å². The van der Waals surface area contributed by atoms with Gasteiger partial charge in [0.05, 0.1) is 11.5 Å². The molecule has 1 rings (SSSR count). The standard InChI is InChI=1S/C11H16O3S2/c1-9(2)7-14-16(12,13)11-5-3-4-10(6-11)8-15/h3-6,9,15H,7-8H2,1-2H3. The molecule has 1 aromatic rings. The molecule has 0 bridgehead atoms. The summed E-state index contributed by atoms with van der Waals surface area (Å²) in [7, 11) is -3.62. The second-order valence-electron chi connectivity index (χ2n) is 3.94. The van der Waals surface area contributed by atoms with E-state index in [-0.39, 0.29) is 17.4 Å². The third-order valence-electron chi connectivity index (χ3n) is 1.93. The number of thiol groups is 1. The molecule has 0 aliphatic carbocycles. The van der Waals surface area contributed by atoms with Crippen molar-refractivity contribution in [1.29, 1.82) is 0 Å². The van der Waals surface area contributed by atoms with Crippen molar-refractivity contribution in [2.75, 3.05) is 6.61 Å². The first-order chi connectivity index (χ1) is 7.45. The van der Waals surface area contributed by atoms with Gasteiger partial charge in [0.25, 0.3) is 10.1 Å². The van der Waals surface area contributed by atoms with E-state index in [9.17, 15) is 8.42 Å². The van der Waals surface area contributed by atoms with Crippen molar-refractivity contribution < 1.29 is 12.6 Å². The van der Waals surface area contributed by atoms with Crippen molar-refractivity contribution in [2.45, 2.75) is 24.5 Å². The zero-order chi connectivity index (χ0) is 12.2. The van der Waals surface area contributed by atoms with Gasteiger partial charge < -0.3 is 0 Å². The minimum absolute atomic E-state index is 0.183. The van der Waals surface area contributed by atoms with Crippen LogP contribution in [0, 0.1) is 5.92 Å². The van der Waals surface area contributed by atoms with Gasteiger partial charge in [0, 0.05) is 5.75 Å². The van der Waals surface area contributed by atoms with Crippen molar-refractivity contribution in [3.63, 3.8) is 0 Å². The SMILES string of the molecule is CC(C)COS(=O)(=O)c1cccc(CS)c1. The minimum Gasteiger partial charge on any atom is -0.266 e. The zero-order valence-electron chi connectivity index (χ0n) is 9.38. The van der Waals surface area contributed by atoms with Gasteiger partial charge in [-0.15, -0.1) is 0 Å². The maximum atomic E-state index is 11.8. The Morgan fingerprint density at radius 1 is 1.38 bits per heavy atom. The van der Waals surface area contributed by atoms with E-state index in [4.69, 9.17) is 4.18 Å². The van der Waals surface area contributed by atoms with E-state index < -0.39 is 10.1 Å². The van der Waals surface area contributed by atoms with Crippen LogP contribution in [0.4, 0.5) is 0 Å². The summed E-state index contributed by atoms with van der Waals surface area (Å²) in [6, 6.07) is 6.64. The molecule has 0 saturated heterocycles. The molecule has 3 nitrogen and oxygen atoms in total. The fraction of sp³-hybridized carbons (Fsp3) is 0.455. The van der Waals surface area contributed by atoms with Crippen LogP contribution < -0.4 is 0 Å². The fourth-order valence-electron chi connectivity index (χ4n) is 1.09. The summed E-state index contributed by atoms with van der Waals surface area (Å²) in [5.74, 6) is 0.691. The summed E-state index contributed by atoms with van der Waals surface area (Å²) in [6.07, 6.45) is 0. The second-order valence-corrected chi connectivity index (χ2v) is 5.87. The summed E-state index contributed by atoms with van der Waals surface area (Å²) in [5.41, 5.74) is 0.859. The van der Waals surface area contributed by atoms with Crippen molar-refractivity contribution in [3.05, 3.63) is 29.8 Å². The van der Waals surface area contributed by atoms with E-state index in [2.05, 4.69) is 12.6 Å². The second kappa shape index (κ2) is 5.70. The van der Waals surface area contributed by atoms with Crippen molar-refractivity contribution in [2.24, 2.45) is 5.92 Å². The molecule has 0 N–H and O–H groups in total. The minimum atomic E-state index is -3.62. The van der Waals surface area contributed by atoms with Crippen LogP contribution >= 0.6 is 12.6 Å². The molecule has 0 aromatic heterocycles. The molecule has 90 valence electrons. The average molecular weight is 260 g/mol. The van der Waals surface area contributed by atoms with E-state index in [0.717, 1.165) is 5.56 Å². The Morgan fingerprint density at radius 2 is 2.06 bits per heavy atom. The van der Waals surface area contributed by atoms with Crippen molar-refractivity contribution >= 4 is 22.7 Å². The monoisotopic (exact) mass is 260 g/mol. The molecule has 0 amide bonds. The van der Waals surface area contributed by atoms with Crippen LogP contribution in [-0.2, 0) is 20.1 Å². The van der Waals surface area contributed by atoms with Gasteiger partial charge in [-0.25, -0.2) is 0 Å². The van der Waals surface area contributed by atoms with Crippen LogP contribution in [0.1, 0.15) is 19.4 Å². The third-order valence-corrected chi connectivity index (χ3v) is 3.57. The zero-order valence-corrected chi connectivity index (χ0v) is 11.1. The smallest absolute Gasteiger partial charge is 0.266 e. The molecule has 0 radical (unpaired) electrons. The molecule has 0 atom stereocenters. The molecule has 5 heteroatoms. The summed E-state index contributed by atoms with van der Waals surface area (Å²) in [6.45, 7) is 4.01. The summed E-state index contributed by atoms with van der Waals surface area (Å²) in [5, 5.41) is 0. The van der Waals surface area contributed by atoms with E-state index in [1.807, 2.05) is 19.9 Å². The lowest BCUT2D eigenvalue weighted by molar-refractivity contribution is 0.275. The normalized spacial score (nSPS) is 12.0. The van der Waals surface area contributed by atoms with Crippen LogP contribution in [0.25, 0.3) is 0 Å². The first kappa shape index (κ1) is 13.5. The Kier molecular flexibility index (Phi) is 4.83. The predicted octanol–water partition coefficient (Wildman–Crippen LogP) is 2.48. The Bertz CT molecular complexity index is 438. The highest BCUT2D eigenvalue weighted by Gasteiger charge is 2.15. The van der Waals surface area contributed by atoms with Gasteiger partial charge in [-0.3, -0.25) is 4.18 Å². The van der Waals surface area contributed by atoms with E-state index in [0.29, 0.717) is 5.75 Å². The van der Waals surface area contributed by atoms with Crippen LogP contribution in [0.3, 0.4) is 0 Å². The lowest BCUT2D eigenvalue weighted by Gasteiger charge is -2.08. The summed E-state index contributed by atoms with van der Waals surface area (Å²) in [4.78, 5) is 0.194. The van der Waals surface area contributed by atoms with Gasteiger partial charge in [-0.1, -0.05) is 26.0 Å². The summed E-state index contributed by atoms with van der Waals surface area (Å²) >= 11 is 4.10. The highest BCUT2D eigenvalue weighted by molar-refractivity contribution is 7.86. The molecule has 0 unspecified atom stereocenters. The maximum absolute atomic E-state index is 11.8. The Labute approximate surface area is 102 Å². The molecule has 0 spiro atoms. The lowest BCUT2D eigenvalue weighted by atomic mass is 10.2. The number of rotatable bonds is 5. The van der Waals surface area contributed by atoms with Crippen LogP contribution in [0.2, 0.25) is 0 Å². The van der Waals surface area contributed by atoms with Crippen LogP contribution in [0.15, 0.2) is 29.2 Å². The molecular formula is C11H16O3S2. The van der Waals surface area contributed by atoms with Gasteiger partial charge in [-0.05, 0) is 23.6 Å². The number of benzene rings is 1. The van der Waals surface area contributed by atoms with E-state index in [1.165, 1.54) is 6.07 Å². The topological polar surface area (TPSA) is 43.4 Å². The maximum Gasteiger partial charge on any atom is 0.296 e. The molecular weight excluding hydrogens is 244 g/mol. The van der Waals surface area contributed by atoms with Gasteiger partial charge in [0.2, 0.25) is 0 Å². The predicted molar refractivity (Wildman–Crippen MR) is 67.1 cm³/mol. The fourth-order valence-corrected chi connectivity index (χ4v) is 2.42. The highest BCUT2D eigenvalue weighted by atomic mass is 32.2. The molecule has 0 aliphatic heterocycles. The molecule has 0 heterocycles. The van der Waals surface area contributed by atoms with Gasteiger partial charge in [-0.2, -0.15) is 21.0 Å². The Balaban J connectivity index is 2.89. The number of hydrogen-bond acceptors (Lipinski definition) is 4. The quantitative estimate of drug-likeness (QED) is 0.653. The summed E-state index contributed by atoms with van der Waals surface area (Å²) < 4.78 is 28.4. The van der Waals surface area contributed by atoms with Crippen molar-refractivity contribution in [3.8, 4) is 0 Å². The van der Waals surface area contributed by atoms with Gasteiger partial charge >= 0.3 is 0 Å². The Hall–Kier alpha value is -0.520. The molecule has 0 fully saturated rings. The number of hydrogen-bond donors (Lipinski definition) is 1. The van der Waals surface area contributed by atoms with E-state index >= 15 is 0 Å². The molecule has 16 heavy (non-hydrogen) atoms. The third kappa shape index (κ3) is 3.81. The first-order valence-electron chi connectivity index (χ1n) is 5.05. The molecule has 0 aliphatic rings. The Morgan fingerprint density at radius 3 is 2.62 bits per heavy atom.